The fraction of sp³-hybridized carbons (Fsp3) is 0.381. The van der Waals surface area contributed by atoms with Crippen LogP contribution in [-0.4, -0.2) is 22.0 Å². The van der Waals surface area contributed by atoms with Gasteiger partial charge in [-0.3, -0.25) is 0 Å². The van der Waals surface area contributed by atoms with Crippen molar-refractivity contribution in [3.63, 3.8) is 0 Å². The molecule has 0 aliphatic heterocycles. The number of aromatic nitrogens is 2. The van der Waals surface area contributed by atoms with Crippen molar-refractivity contribution in [3.05, 3.63) is 84.9 Å². The molecule has 1 aliphatic rings. The average Bonchev–Trinajstić information content (AvgIpc) is 3.55. The van der Waals surface area contributed by atoms with Gasteiger partial charge in [-0.15, -0.1) is 22.7 Å². The normalized spacial score (nSPS) is 14.3. The largest absolute Gasteiger partial charge is 0.493 e. The summed E-state index contributed by atoms with van der Waals surface area (Å²) in [6, 6.07) is 30.5. The number of benzene rings is 3. The second kappa shape index (κ2) is 15.6. The predicted molar refractivity (Wildman–Crippen MR) is 210 cm³/mol. The smallest absolute Gasteiger partial charge is 0.119 e. The van der Waals surface area contributed by atoms with Crippen LogP contribution >= 0.6 is 34.4 Å². The topological polar surface area (TPSA) is 44.2 Å². The van der Waals surface area contributed by atoms with E-state index >= 15 is 0 Å². The molecule has 1 atom stereocenters. The minimum absolute atomic E-state index is 0.433. The van der Waals surface area contributed by atoms with Crippen LogP contribution in [0.25, 0.3) is 52.8 Å². The summed E-state index contributed by atoms with van der Waals surface area (Å²) < 4.78 is 21.9. The first-order valence-corrected chi connectivity index (χ1v) is 20.4. The molecule has 6 aromatic rings. The highest BCUT2D eigenvalue weighted by molar-refractivity contribution is 7.19. The van der Waals surface area contributed by atoms with E-state index in [2.05, 4.69) is 106 Å². The van der Waals surface area contributed by atoms with E-state index in [1.807, 2.05) is 0 Å². The van der Waals surface area contributed by atoms with Crippen molar-refractivity contribution in [3.8, 4) is 53.3 Å². The molecule has 1 unspecified atom stereocenters. The molecule has 7 heteroatoms. The van der Waals surface area contributed by atoms with Gasteiger partial charge in [-0.1, -0.05) is 65.0 Å². The van der Waals surface area contributed by atoms with Gasteiger partial charge in [-0.2, -0.15) is 8.75 Å². The first kappa shape index (κ1) is 34.0. The Kier molecular flexibility index (Phi) is 10.8. The maximum atomic E-state index is 6.23. The first-order valence-electron chi connectivity index (χ1n) is 18.0. The van der Waals surface area contributed by atoms with E-state index in [1.165, 1.54) is 93.7 Å². The van der Waals surface area contributed by atoms with Gasteiger partial charge in [0.1, 0.15) is 22.5 Å². The molecule has 1 aliphatic carbocycles. The monoisotopic (exact) mass is 706 g/mol. The average molecular weight is 707 g/mol. The lowest BCUT2D eigenvalue weighted by molar-refractivity contribution is 0.222. The van der Waals surface area contributed by atoms with E-state index in [4.69, 9.17) is 18.2 Å². The molecule has 3 heterocycles. The SMILES string of the molecule is CCCCC(CC)COc1ccc(-c2ccc(-c3ccc(-c4ccc(-c5ccc(OCC6(CCCC)CC6)cc5)s4)c4nsnc34)s2)cc1. The Labute approximate surface area is 303 Å². The summed E-state index contributed by atoms with van der Waals surface area (Å²) in [5, 5.41) is 0. The van der Waals surface area contributed by atoms with Crippen molar-refractivity contribution >= 4 is 45.4 Å². The number of fused-ring (bicyclic) bond motifs is 1. The van der Waals surface area contributed by atoms with Crippen molar-refractivity contribution in [1.29, 1.82) is 0 Å². The zero-order chi connectivity index (χ0) is 33.6. The highest BCUT2D eigenvalue weighted by Crippen LogP contribution is 2.50. The van der Waals surface area contributed by atoms with Crippen LogP contribution in [0, 0.1) is 11.3 Å². The van der Waals surface area contributed by atoms with Crippen LogP contribution in [-0.2, 0) is 0 Å². The molecule has 254 valence electrons. The van der Waals surface area contributed by atoms with E-state index in [0.29, 0.717) is 11.3 Å². The zero-order valence-electron chi connectivity index (χ0n) is 28.9. The minimum atomic E-state index is 0.433. The molecule has 0 bridgehead atoms. The maximum Gasteiger partial charge on any atom is 0.119 e. The number of hydrogen-bond donors (Lipinski definition) is 0. The molecule has 49 heavy (non-hydrogen) atoms. The summed E-state index contributed by atoms with van der Waals surface area (Å²) in [6.07, 6.45) is 11.4. The molecule has 3 aromatic heterocycles. The number of nitrogens with zero attached hydrogens (tertiary/aromatic N) is 2. The highest BCUT2D eigenvalue weighted by Gasteiger charge is 2.42. The van der Waals surface area contributed by atoms with Gasteiger partial charge in [0.25, 0.3) is 0 Å². The Hall–Kier alpha value is -3.52. The quantitative estimate of drug-likeness (QED) is 0.0947. The maximum absolute atomic E-state index is 6.23. The number of unbranched alkanes of at least 4 members (excludes halogenated alkanes) is 2. The number of rotatable bonds is 17. The third-order valence-corrected chi connectivity index (χ3v) is 12.9. The third kappa shape index (κ3) is 7.95. The van der Waals surface area contributed by atoms with Gasteiger partial charge in [0.05, 0.1) is 24.9 Å². The number of ether oxygens (including phenoxy) is 2. The Morgan fingerprint density at radius 3 is 1.67 bits per heavy atom. The second-order valence-electron chi connectivity index (χ2n) is 13.6. The zero-order valence-corrected chi connectivity index (χ0v) is 31.3. The van der Waals surface area contributed by atoms with Crippen LogP contribution < -0.4 is 9.47 Å². The van der Waals surface area contributed by atoms with Gasteiger partial charge in [-0.25, -0.2) is 0 Å². The summed E-state index contributed by atoms with van der Waals surface area (Å²) in [5.41, 5.74) is 7.06. The lowest BCUT2D eigenvalue weighted by atomic mass is 10.0. The van der Waals surface area contributed by atoms with Crippen LogP contribution in [0.1, 0.15) is 78.6 Å². The van der Waals surface area contributed by atoms with Crippen LogP contribution in [0.15, 0.2) is 84.9 Å². The Bertz CT molecular complexity index is 1950. The molecular formula is C42H46N2O2S3. The molecule has 3 aromatic carbocycles. The standard InChI is InChI=1S/C42H46N2O2S3/c1-4-7-9-29(6-3)27-45-32-14-10-30(11-15-32)36-20-22-38(47-36)34-18-19-35(41-40(34)43-49-44-41)39-23-21-37(48-39)31-12-16-33(17-13-31)46-28-42(25-26-42)24-8-5-2/h10-23,29H,4-9,24-28H2,1-3H3. The molecule has 0 spiro atoms. The van der Waals surface area contributed by atoms with Crippen LogP contribution in [0.4, 0.5) is 0 Å². The fourth-order valence-corrected chi connectivity index (χ4v) is 9.16. The lowest BCUT2D eigenvalue weighted by Gasteiger charge is -2.16. The van der Waals surface area contributed by atoms with Crippen LogP contribution in [0.3, 0.4) is 0 Å². The summed E-state index contributed by atoms with van der Waals surface area (Å²) in [4.78, 5) is 4.88. The fourth-order valence-electron chi connectivity index (χ4n) is 6.51. The summed E-state index contributed by atoms with van der Waals surface area (Å²) >= 11 is 4.89. The van der Waals surface area contributed by atoms with E-state index < -0.39 is 0 Å². The van der Waals surface area contributed by atoms with Crippen molar-refractivity contribution in [1.82, 2.24) is 8.75 Å². The molecule has 0 saturated heterocycles. The van der Waals surface area contributed by atoms with Gasteiger partial charge in [0, 0.05) is 36.1 Å². The highest BCUT2D eigenvalue weighted by atomic mass is 32.1. The van der Waals surface area contributed by atoms with Crippen molar-refractivity contribution in [2.24, 2.45) is 11.3 Å². The van der Waals surface area contributed by atoms with E-state index in [9.17, 15) is 0 Å². The number of hydrogen-bond acceptors (Lipinski definition) is 7. The summed E-state index contributed by atoms with van der Waals surface area (Å²) in [5.74, 6) is 2.54. The molecule has 0 N–H and O–H groups in total. The molecule has 1 fully saturated rings. The Morgan fingerprint density at radius 1 is 0.633 bits per heavy atom. The van der Waals surface area contributed by atoms with Crippen molar-refractivity contribution in [2.75, 3.05) is 13.2 Å². The van der Waals surface area contributed by atoms with Crippen LogP contribution in [0.2, 0.25) is 0 Å². The molecule has 0 amide bonds. The number of thiophene rings is 2. The van der Waals surface area contributed by atoms with Gasteiger partial charge < -0.3 is 9.47 Å². The van der Waals surface area contributed by atoms with Crippen molar-refractivity contribution in [2.45, 2.75) is 78.6 Å². The van der Waals surface area contributed by atoms with E-state index in [-0.39, 0.29) is 0 Å². The third-order valence-electron chi connectivity index (χ3n) is 10.0. The Morgan fingerprint density at radius 2 is 1.16 bits per heavy atom. The van der Waals surface area contributed by atoms with Gasteiger partial charge in [-0.05, 0) is 116 Å². The second-order valence-corrected chi connectivity index (χ2v) is 16.3. The molecule has 7 rings (SSSR count). The van der Waals surface area contributed by atoms with E-state index in [0.717, 1.165) is 53.3 Å². The molecule has 4 nitrogen and oxygen atoms in total. The Balaban J connectivity index is 1.02. The van der Waals surface area contributed by atoms with Crippen LogP contribution in [0.5, 0.6) is 11.5 Å². The van der Waals surface area contributed by atoms with Gasteiger partial charge >= 0.3 is 0 Å². The van der Waals surface area contributed by atoms with Gasteiger partial charge in [0.2, 0.25) is 0 Å². The minimum Gasteiger partial charge on any atom is -0.493 e. The lowest BCUT2D eigenvalue weighted by Crippen LogP contribution is -2.12. The van der Waals surface area contributed by atoms with Crippen molar-refractivity contribution < 1.29 is 9.47 Å². The van der Waals surface area contributed by atoms with Gasteiger partial charge in [0.15, 0.2) is 0 Å². The molecule has 1 saturated carbocycles. The molecular weight excluding hydrogens is 661 g/mol. The first-order chi connectivity index (χ1) is 24.1. The summed E-state index contributed by atoms with van der Waals surface area (Å²) in [7, 11) is 0. The molecule has 0 radical (unpaired) electrons. The predicted octanol–water partition coefficient (Wildman–Crippen LogP) is 13.4. The summed E-state index contributed by atoms with van der Waals surface area (Å²) in [6.45, 7) is 8.42. The van der Waals surface area contributed by atoms with E-state index in [1.54, 1.807) is 22.7 Å².